The van der Waals surface area contributed by atoms with Crippen LogP contribution < -0.4 is 0 Å². The van der Waals surface area contributed by atoms with Gasteiger partial charge >= 0.3 is 5.97 Å². The van der Waals surface area contributed by atoms with Crippen molar-refractivity contribution in [3.8, 4) is 0 Å². The minimum absolute atomic E-state index is 0.232. The van der Waals surface area contributed by atoms with Gasteiger partial charge in [-0.15, -0.1) is 0 Å². The molecule has 1 saturated heterocycles. The Hall–Kier alpha value is -0.980. The number of esters is 1. The van der Waals surface area contributed by atoms with Crippen LogP contribution >= 0.6 is 0 Å². The number of rotatable bonds is 4. The number of aliphatic hydroxyl groups is 1. The molecule has 0 radical (unpaired) electrons. The van der Waals surface area contributed by atoms with Crippen LogP contribution in [-0.2, 0) is 23.8 Å². The molecule has 6 heteroatoms. The lowest BCUT2D eigenvalue weighted by Crippen LogP contribution is -2.40. The van der Waals surface area contributed by atoms with E-state index in [2.05, 4.69) is 0 Å². The zero-order chi connectivity index (χ0) is 14.8. The fourth-order valence-corrected chi connectivity index (χ4v) is 1.69. The maximum Gasteiger partial charge on any atom is 0.311 e. The Bertz CT molecular complexity index is 344. The highest BCUT2D eigenvalue weighted by Gasteiger charge is 2.45. The van der Waals surface area contributed by atoms with E-state index in [4.69, 9.17) is 14.2 Å². The Morgan fingerprint density at radius 1 is 1.42 bits per heavy atom. The molecular formula is C13H22O6. The first-order valence-corrected chi connectivity index (χ1v) is 6.23. The largest absolute Gasteiger partial charge is 0.462 e. The normalized spacial score (nSPS) is 27.9. The molecule has 0 aromatic heterocycles. The lowest BCUT2D eigenvalue weighted by molar-refractivity contribution is -0.167. The molecule has 0 bridgehead atoms. The Balaban J connectivity index is 2.56. The average Bonchev–Trinajstić information content (AvgIpc) is 2.59. The van der Waals surface area contributed by atoms with E-state index in [0.29, 0.717) is 6.29 Å². The Kier molecular flexibility index (Phi) is 4.71. The van der Waals surface area contributed by atoms with Crippen LogP contribution in [0.3, 0.4) is 0 Å². The quantitative estimate of drug-likeness (QED) is 0.599. The summed E-state index contributed by atoms with van der Waals surface area (Å²) in [6.07, 6.45) is -2.23. The number of hydrogen-bond donors (Lipinski definition) is 1. The molecule has 0 amide bonds. The summed E-state index contributed by atoms with van der Waals surface area (Å²) in [5.41, 5.74) is -0.643. The molecule has 0 unspecified atom stereocenters. The molecular weight excluding hydrogens is 252 g/mol. The first-order chi connectivity index (χ1) is 8.57. The molecule has 1 rings (SSSR count). The second-order valence-electron chi connectivity index (χ2n) is 6.12. The lowest BCUT2D eigenvalue weighted by Gasteiger charge is -2.23. The summed E-state index contributed by atoms with van der Waals surface area (Å²) in [4.78, 5) is 22.5. The maximum atomic E-state index is 11.6. The zero-order valence-corrected chi connectivity index (χ0v) is 12.0. The van der Waals surface area contributed by atoms with Crippen molar-refractivity contribution >= 4 is 12.3 Å². The molecule has 0 spiro atoms. The van der Waals surface area contributed by atoms with Crippen LogP contribution in [0.4, 0.5) is 0 Å². The fourth-order valence-electron chi connectivity index (χ4n) is 1.69. The number of aliphatic hydroxyl groups excluding tert-OH is 1. The smallest absolute Gasteiger partial charge is 0.311 e. The predicted octanol–water partition coefficient (Wildman–Crippen LogP) is 0.656. The highest BCUT2D eigenvalue weighted by molar-refractivity contribution is 5.75. The van der Waals surface area contributed by atoms with Crippen molar-refractivity contribution in [3.05, 3.63) is 0 Å². The average molecular weight is 274 g/mol. The SMILES string of the molecule is CC1(C)O[C@H]([C@H](O)COC(=O)C(C)(C)C)[C@H](C=O)O1. The number of aldehydes is 1. The standard InChI is InChI=1S/C13H22O6/c1-12(2,3)11(16)17-7-8(15)10-9(6-14)18-13(4,5)19-10/h6,8-10,15H,7H2,1-5H3/t8-,9+,10-/m1/s1. The van der Waals surface area contributed by atoms with Crippen molar-refractivity contribution in [2.24, 2.45) is 5.41 Å². The topological polar surface area (TPSA) is 82.1 Å². The molecule has 19 heavy (non-hydrogen) atoms. The molecule has 0 aromatic rings. The van der Waals surface area contributed by atoms with Gasteiger partial charge in [-0.2, -0.15) is 0 Å². The second kappa shape index (κ2) is 5.56. The van der Waals surface area contributed by atoms with Crippen molar-refractivity contribution < 1.29 is 28.9 Å². The van der Waals surface area contributed by atoms with Gasteiger partial charge in [-0.25, -0.2) is 0 Å². The monoisotopic (exact) mass is 274 g/mol. The van der Waals surface area contributed by atoms with E-state index in [1.165, 1.54) is 0 Å². The summed E-state index contributed by atoms with van der Waals surface area (Å²) in [7, 11) is 0. The van der Waals surface area contributed by atoms with Crippen molar-refractivity contribution in [3.63, 3.8) is 0 Å². The molecule has 110 valence electrons. The van der Waals surface area contributed by atoms with Gasteiger partial charge in [-0.3, -0.25) is 4.79 Å². The number of hydrogen-bond acceptors (Lipinski definition) is 6. The third kappa shape index (κ3) is 4.26. The van der Waals surface area contributed by atoms with Crippen LogP contribution in [0.15, 0.2) is 0 Å². The van der Waals surface area contributed by atoms with Gasteiger partial charge in [-0.1, -0.05) is 0 Å². The van der Waals surface area contributed by atoms with Gasteiger partial charge in [0.15, 0.2) is 12.1 Å². The van der Waals surface area contributed by atoms with E-state index < -0.39 is 35.5 Å². The van der Waals surface area contributed by atoms with E-state index >= 15 is 0 Å². The van der Waals surface area contributed by atoms with Crippen molar-refractivity contribution in [1.82, 2.24) is 0 Å². The van der Waals surface area contributed by atoms with Gasteiger partial charge in [0.2, 0.25) is 0 Å². The number of ether oxygens (including phenoxy) is 3. The molecule has 1 aliphatic rings. The van der Waals surface area contributed by atoms with E-state index in [0.717, 1.165) is 0 Å². The lowest BCUT2D eigenvalue weighted by atomic mass is 9.97. The molecule has 1 fully saturated rings. The highest BCUT2D eigenvalue weighted by Crippen LogP contribution is 2.29. The van der Waals surface area contributed by atoms with Crippen LogP contribution in [0.2, 0.25) is 0 Å². The highest BCUT2D eigenvalue weighted by atomic mass is 16.8. The molecule has 1 heterocycles. The van der Waals surface area contributed by atoms with Gasteiger partial charge < -0.3 is 24.1 Å². The molecule has 3 atom stereocenters. The minimum atomic E-state index is -1.11. The first kappa shape index (κ1) is 16.1. The molecule has 1 aliphatic heterocycles. The molecule has 0 aromatic carbocycles. The Labute approximate surface area is 113 Å². The Morgan fingerprint density at radius 3 is 2.47 bits per heavy atom. The first-order valence-electron chi connectivity index (χ1n) is 6.23. The summed E-state index contributed by atoms with van der Waals surface area (Å²) in [5.74, 6) is -1.36. The maximum absolute atomic E-state index is 11.6. The van der Waals surface area contributed by atoms with Crippen LogP contribution in [0.1, 0.15) is 34.6 Å². The minimum Gasteiger partial charge on any atom is -0.462 e. The van der Waals surface area contributed by atoms with Gasteiger partial charge in [0, 0.05) is 0 Å². The van der Waals surface area contributed by atoms with Crippen molar-refractivity contribution in [1.29, 1.82) is 0 Å². The molecule has 6 nitrogen and oxygen atoms in total. The van der Waals surface area contributed by atoms with Crippen molar-refractivity contribution in [2.45, 2.75) is 58.7 Å². The fraction of sp³-hybridized carbons (Fsp3) is 0.846. The molecule has 0 aliphatic carbocycles. The summed E-state index contributed by atoms with van der Waals surface area (Å²) in [6.45, 7) is 8.22. The zero-order valence-electron chi connectivity index (χ0n) is 12.0. The number of carbonyl (C=O) groups excluding carboxylic acids is 2. The van der Waals surface area contributed by atoms with Crippen LogP contribution in [0.5, 0.6) is 0 Å². The summed E-state index contributed by atoms with van der Waals surface area (Å²) in [6, 6.07) is 0. The van der Waals surface area contributed by atoms with Crippen molar-refractivity contribution in [2.75, 3.05) is 6.61 Å². The van der Waals surface area contributed by atoms with Crippen LogP contribution in [0.25, 0.3) is 0 Å². The summed E-state index contributed by atoms with van der Waals surface area (Å²) in [5, 5.41) is 9.96. The van der Waals surface area contributed by atoms with E-state index in [1.54, 1.807) is 34.6 Å². The molecule has 0 saturated carbocycles. The van der Waals surface area contributed by atoms with Gasteiger partial charge in [0.25, 0.3) is 0 Å². The van der Waals surface area contributed by atoms with Gasteiger partial charge in [-0.05, 0) is 34.6 Å². The second-order valence-corrected chi connectivity index (χ2v) is 6.12. The third-order valence-corrected chi connectivity index (χ3v) is 2.67. The Morgan fingerprint density at radius 2 is 2.00 bits per heavy atom. The predicted molar refractivity (Wildman–Crippen MR) is 66.3 cm³/mol. The van der Waals surface area contributed by atoms with E-state index in [1.807, 2.05) is 0 Å². The van der Waals surface area contributed by atoms with Crippen LogP contribution in [-0.4, -0.2) is 48.1 Å². The van der Waals surface area contributed by atoms with Crippen LogP contribution in [0, 0.1) is 5.41 Å². The third-order valence-electron chi connectivity index (χ3n) is 2.67. The van der Waals surface area contributed by atoms with Gasteiger partial charge in [0.05, 0.1) is 5.41 Å². The molecule has 1 N–H and O–H groups in total. The van der Waals surface area contributed by atoms with E-state index in [-0.39, 0.29) is 6.61 Å². The van der Waals surface area contributed by atoms with Gasteiger partial charge in [0.1, 0.15) is 24.9 Å². The summed E-state index contributed by atoms with van der Waals surface area (Å²) < 4.78 is 15.8. The number of carbonyl (C=O) groups is 2. The summed E-state index contributed by atoms with van der Waals surface area (Å²) >= 11 is 0. The van der Waals surface area contributed by atoms with E-state index in [9.17, 15) is 14.7 Å².